The SMILES string of the molecule is CN(C(=O)c1cc2oc(Cl)cc2[nH]1)[C@@H]1COCc2[nH]c(=O)c3cc(F)c(F)cc3c21. The predicted octanol–water partition coefficient (Wildman–Crippen LogP) is 3.88. The fourth-order valence-corrected chi connectivity index (χ4v) is 4.08. The Morgan fingerprint density at radius 2 is 1.90 bits per heavy atom. The average Bonchev–Trinajstić information content (AvgIpc) is 3.25. The number of carbonyl (C=O) groups is 1. The first-order chi connectivity index (χ1) is 14.3. The predicted molar refractivity (Wildman–Crippen MR) is 105 cm³/mol. The Labute approximate surface area is 172 Å². The van der Waals surface area contributed by atoms with Crippen LogP contribution in [0, 0.1) is 11.6 Å². The number of amides is 1. The topological polar surface area (TPSA) is 91.3 Å². The van der Waals surface area contributed by atoms with Crippen LogP contribution in [0.3, 0.4) is 0 Å². The van der Waals surface area contributed by atoms with Crippen molar-refractivity contribution < 1.29 is 22.7 Å². The third kappa shape index (κ3) is 2.81. The molecule has 30 heavy (non-hydrogen) atoms. The van der Waals surface area contributed by atoms with Crippen molar-refractivity contribution in [1.82, 2.24) is 14.9 Å². The third-order valence-electron chi connectivity index (χ3n) is 5.33. The van der Waals surface area contributed by atoms with Crippen LogP contribution < -0.4 is 5.56 Å². The zero-order valence-corrected chi connectivity index (χ0v) is 16.3. The maximum atomic E-state index is 14.0. The second-order valence-corrected chi connectivity index (χ2v) is 7.49. The Morgan fingerprint density at radius 3 is 2.63 bits per heavy atom. The molecule has 0 saturated carbocycles. The van der Waals surface area contributed by atoms with Crippen molar-refractivity contribution in [3.63, 3.8) is 0 Å². The number of hydrogen-bond acceptors (Lipinski definition) is 4. The zero-order valence-electron chi connectivity index (χ0n) is 15.5. The molecule has 5 rings (SSSR count). The lowest BCUT2D eigenvalue weighted by Gasteiger charge is -2.33. The summed E-state index contributed by atoms with van der Waals surface area (Å²) >= 11 is 5.80. The molecule has 2 N–H and O–H groups in total. The zero-order chi connectivity index (χ0) is 21.2. The van der Waals surface area contributed by atoms with Gasteiger partial charge in [0.1, 0.15) is 5.69 Å². The molecule has 0 aliphatic carbocycles. The van der Waals surface area contributed by atoms with Crippen LogP contribution in [0.4, 0.5) is 8.78 Å². The van der Waals surface area contributed by atoms with Gasteiger partial charge in [-0.3, -0.25) is 9.59 Å². The average molecular weight is 434 g/mol. The summed E-state index contributed by atoms with van der Waals surface area (Å²) in [6.07, 6.45) is 0. The first-order valence-corrected chi connectivity index (χ1v) is 9.38. The summed E-state index contributed by atoms with van der Waals surface area (Å²) in [7, 11) is 1.57. The summed E-state index contributed by atoms with van der Waals surface area (Å²) in [6.45, 7) is 0.212. The van der Waals surface area contributed by atoms with Gasteiger partial charge in [0, 0.05) is 30.4 Å². The van der Waals surface area contributed by atoms with E-state index in [-0.39, 0.29) is 40.8 Å². The van der Waals surface area contributed by atoms with Crippen LogP contribution in [0.15, 0.2) is 33.5 Å². The Morgan fingerprint density at radius 1 is 1.17 bits per heavy atom. The molecule has 0 radical (unpaired) electrons. The number of pyridine rings is 1. The smallest absolute Gasteiger partial charge is 0.270 e. The number of fused-ring (bicyclic) bond motifs is 4. The summed E-state index contributed by atoms with van der Waals surface area (Å²) in [5.74, 6) is -2.56. The second kappa shape index (κ2) is 6.68. The van der Waals surface area contributed by atoms with E-state index in [1.165, 1.54) is 11.0 Å². The van der Waals surface area contributed by atoms with Crippen molar-refractivity contribution in [3.05, 3.63) is 68.4 Å². The lowest BCUT2D eigenvalue weighted by molar-refractivity contribution is 0.0333. The maximum absolute atomic E-state index is 14.0. The van der Waals surface area contributed by atoms with Gasteiger partial charge in [0.2, 0.25) is 0 Å². The van der Waals surface area contributed by atoms with Crippen molar-refractivity contribution in [2.45, 2.75) is 12.6 Å². The number of nitrogens with zero attached hydrogens (tertiary/aromatic N) is 1. The molecular formula is C20H14ClF2N3O4. The van der Waals surface area contributed by atoms with E-state index in [2.05, 4.69) is 9.97 Å². The van der Waals surface area contributed by atoms with Gasteiger partial charge in [-0.2, -0.15) is 0 Å². The van der Waals surface area contributed by atoms with E-state index in [0.29, 0.717) is 22.4 Å². The van der Waals surface area contributed by atoms with Crippen LogP contribution in [-0.4, -0.2) is 34.4 Å². The number of aromatic nitrogens is 2. The van der Waals surface area contributed by atoms with E-state index in [0.717, 1.165) is 12.1 Å². The van der Waals surface area contributed by atoms with Crippen molar-refractivity contribution in [2.75, 3.05) is 13.7 Å². The minimum Gasteiger partial charge on any atom is -0.443 e. The number of likely N-dealkylation sites (N-methyl/N-ethyl adjacent to an activating group) is 1. The molecule has 1 amide bonds. The number of hydrogen-bond donors (Lipinski definition) is 2. The molecule has 1 aromatic carbocycles. The second-order valence-electron chi connectivity index (χ2n) is 7.12. The van der Waals surface area contributed by atoms with Gasteiger partial charge in [-0.1, -0.05) is 0 Å². The molecule has 0 bridgehead atoms. The maximum Gasteiger partial charge on any atom is 0.270 e. The number of nitrogens with one attached hydrogen (secondary N) is 2. The summed E-state index contributed by atoms with van der Waals surface area (Å²) in [5.41, 5.74) is 1.66. The highest BCUT2D eigenvalue weighted by Crippen LogP contribution is 2.34. The normalized spacial score (nSPS) is 16.2. The van der Waals surface area contributed by atoms with Crippen molar-refractivity contribution in [1.29, 1.82) is 0 Å². The minimum atomic E-state index is -1.12. The fourth-order valence-electron chi connectivity index (χ4n) is 3.89. The van der Waals surface area contributed by atoms with Crippen LogP contribution in [0.5, 0.6) is 0 Å². The molecule has 0 spiro atoms. The number of H-pyrrole nitrogens is 2. The number of rotatable bonds is 2. The number of halogens is 3. The summed E-state index contributed by atoms with van der Waals surface area (Å²) in [5, 5.41) is 0.447. The van der Waals surface area contributed by atoms with Gasteiger partial charge >= 0.3 is 0 Å². The Kier molecular flexibility index (Phi) is 4.19. The van der Waals surface area contributed by atoms with E-state index in [9.17, 15) is 18.4 Å². The molecule has 0 unspecified atom stereocenters. The van der Waals surface area contributed by atoms with Crippen molar-refractivity contribution >= 4 is 39.4 Å². The van der Waals surface area contributed by atoms with Crippen molar-refractivity contribution in [3.8, 4) is 0 Å². The highest BCUT2D eigenvalue weighted by molar-refractivity contribution is 6.29. The van der Waals surface area contributed by atoms with Crippen LogP contribution in [0.2, 0.25) is 5.22 Å². The standard InChI is InChI=1S/C20H14ClF2N3O4/c1-26(20(28)13-4-16-12(24-13)5-17(21)30-16)15-7-29-6-14-18(15)8-2-10(22)11(23)3-9(8)19(27)25-14/h2-5,15,24H,6-7H2,1H3,(H,25,27)/t15-/m1/s1. The van der Waals surface area contributed by atoms with Gasteiger partial charge in [0.05, 0.1) is 30.2 Å². The first kappa shape index (κ1) is 18.8. The van der Waals surface area contributed by atoms with Gasteiger partial charge < -0.3 is 24.0 Å². The quantitative estimate of drug-likeness (QED) is 0.502. The third-order valence-corrected chi connectivity index (χ3v) is 5.52. The largest absolute Gasteiger partial charge is 0.443 e. The van der Waals surface area contributed by atoms with E-state index >= 15 is 0 Å². The van der Waals surface area contributed by atoms with E-state index in [1.54, 1.807) is 13.1 Å². The highest BCUT2D eigenvalue weighted by atomic mass is 35.5. The molecule has 154 valence electrons. The molecule has 1 aliphatic heterocycles. The van der Waals surface area contributed by atoms with Crippen molar-refractivity contribution in [2.24, 2.45) is 0 Å². The van der Waals surface area contributed by atoms with E-state index in [4.69, 9.17) is 20.8 Å². The van der Waals surface area contributed by atoms with Crippen LogP contribution in [0.25, 0.3) is 21.9 Å². The molecule has 3 aromatic heterocycles. The van der Waals surface area contributed by atoms with Crippen LogP contribution in [0.1, 0.15) is 27.8 Å². The summed E-state index contributed by atoms with van der Waals surface area (Å²) in [6, 6.07) is 4.30. The number of carbonyl (C=O) groups excluding carboxylic acids is 1. The van der Waals surface area contributed by atoms with Gasteiger partial charge in [0.25, 0.3) is 11.5 Å². The number of aromatic amines is 2. The number of ether oxygens (including phenoxy) is 1. The Balaban J connectivity index is 1.61. The Hall–Kier alpha value is -3.17. The summed E-state index contributed by atoms with van der Waals surface area (Å²) in [4.78, 5) is 32.5. The van der Waals surface area contributed by atoms with Gasteiger partial charge in [0.15, 0.2) is 22.4 Å². The summed E-state index contributed by atoms with van der Waals surface area (Å²) < 4.78 is 38.6. The number of benzene rings is 1. The van der Waals surface area contributed by atoms with Gasteiger partial charge in [-0.15, -0.1) is 0 Å². The number of furan rings is 1. The molecule has 1 atom stereocenters. The van der Waals surface area contributed by atoms with Crippen LogP contribution >= 0.6 is 11.6 Å². The molecule has 7 nitrogen and oxygen atoms in total. The van der Waals surface area contributed by atoms with Gasteiger partial charge in [-0.25, -0.2) is 8.78 Å². The molecule has 4 heterocycles. The lowest BCUT2D eigenvalue weighted by Crippen LogP contribution is -2.37. The highest BCUT2D eigenvalue weighted by Gasteiger charge is 2.32. The lowest BCUT2D eigenvalue weighted by atomic mass is 9.95. The molecule has 1 aliphatic rings. The molecule has 4 aromatic rings. The molecular weight excluding hydrogens is 420 g/mol. The van der Waals surface area contributed by atoms with Gasteiger partial charge in [-0.05, 0) is 29.1 Å². The van der Waals surface area contributed by atoms with E-state index in [1.807, 2.05) is 0 Å². The molecule has 10 heteroatoms. The minimum absolute atomic E-state index is 0.00688. The fraction of sp³-hybridized carbons (Fsp3) is 0.200. The Bertz CT molecular complexity index is 1360. The van der Waals surface area contributed by atoms with Crippen LogP contribution in [-0.2, 0) is 11.3 Å². The molecule has 0 saturated heterocycles. The van der Waals surface area contributed by atoms with E-state index < -0.39 is 23.2 Å². The first-order valence-electron chi connectivity index (χ1n) is 9.00. The molecule has 0 fully saturated rings. The monoisotopic (exact) mass is 433 g/mol.